The highest BCUT2D eigenvalue weighted by molar-refractivity contribution is 7.71. The summed E-state index contributed by atoms with van der Waals surface area (Å²) in [5.74, 6) is 0. The van der Waals surface area contributed by atoms with Crippen LogP contribution in [0, 0.1) is 16.1 Å². The molecule has 2 aliphatic heterocycles. The Balaban J connectivity index is 1.89. The second kappa shape index (κ2) is 4.44. The highest BCUT2D eigenvalue weighted by atomic mass is 32.1. The van der Waals surface area contributed by atoms with E-state index in [-0.39, 0.29) is 0 Å². The monoisotopic (exact) mass is 284 g/mol. The molecule has 4 rings (SSSR count). The van der Waals surface area contributed by atoms with Crippen LogP contribution in [-0.4, -0.2) is 33.6 Å². The summed E-state index contributed by atoms with van der Waals surface area (Å²) in [6.45, 7) is 2.39. The third-order valence-electron chi connectivity index (χ3n) is 4.75. The number of imidazole rings is 1. The van der Waals surface area contributed by atoms with Crippen molar-refractivity contribution in [3.63, 3.8) is 0 Å². The Morgan fingerprint density at radius 1 is 1.25 bits per heavy atom. The van der Waals surface area contributed by atoms with E-state index in [0.717, 1.165) is 22.2 Å². The summed E-state index contributed by atoms with van der Waals surface area (Å²) in [6.07, 6.45) is 3.71. The van der Waals surface area contributed by atoms with E-state index < -0.39 is 0 Å². The van der Waals surface area contributed by atoms with E-state index in [9.17, 15) is 0 Å². The molecule has 1 N–H and O–H groups in total. The minimum absolute atomic E-state index is 0.452. The molecule has 2 fully saturated rings. The molecule has 1 aromatic heterocycles. The van der Waals surface area contributed by atoms with Crippen molar-refractivity contribution in [1.82, 2.24) is 14.5 Å². The lowest BCUT2D eigenvalue weighted by atomic mass is 10.1. The zero-order valence-electron chi connectivity index (χ0n) is 11.2. The molecule has 20 heavy (non-hydrogen) atoms. The predicted molar refractivity (Wildman–Crippen MR) is 80.1 cm³/mol. The molecule has 102 valence electrons. The predicted octanol–water partition coefficient (Wildman–Crippen LogP) is 2.98. The van der Waals surface area contributed by atoms with Gasteiger partial charge in [-0.05, 0) is 56.2 Å². The van der Waals surface area contributed by atoms with E-state index in [1.807, 2.05) is 18.2 Å². The van der Waals surface area contributed by atoms with E-state index >= 15 is 0 Å². The highest BCUT2D eigenvalue weighted by Gasteiger charge is 2.38. The first-order chi connectivity index (χ1) is 9.78. The van der Waals surface area contributed by atoms with Crippen LogP contribution in [0.25, 0.3) is 11.0 Å². The van der Waals surface area contributed by atoms with Crippen molar-refractivity contribution in [3.05, 3.63) is 28.5 Å². The number of H-pyrrole nitrogens is 1. The number of nitrogens with one attached hydrogen (secondary N) is 1. The number of nitriles is 1. The second-order valence-electron chi connectivity index (χ2n) is 5.75. The molecule has 0 saturated carbocycles. The SMILES string of the molecule is N#Cc1ccc2[nH]c(=S)n(C3CCN4CCCC34)c2c1. The fourth-order valence-corrected chi connectivity index (χ4v) is 4.22. The topological polar surface area (TPSA) is 47.8 Å². The van der Waals surface area contributed by atoms with Crippen LogP contribution >= 0.6 is 12.2 Å². The number of aromatic amines is 1. The number of aromatic nitrogens is 2. The maximum absolute atomic E-state index is 9.11. The Morgan fingerprint density at radius 3 is 3.00 bits per heavy atom. The van der Waals surface area contributed by atoms with Gasteiger partial charge in [-0.15, -0.1) is 0 Å². The summed E-state index contributed by atoms with van der Waals surface area (Å²) in [5.41, 5.74) is 2.81. The van der Waals surface area contributed by atoms with Crippen molar-refractivity contribution >= 4 is 23.3 Å². The standard InChI is InChI=1S/C15H16N4S/c16-9-10-3-4-11-14(8-10)19(15(20)17-11)13-5-7-18-6-1-2-12(13)18/h3-4,8,12-13H,1-2,5-7H2,(H,17,20). The van der Waals surface area contributed by atoms with Gasteiger partial charge in [-0.1, -0.05) is 0 Å². The van der Waals surface area contributed by atoms with E-state index in [1.54, 1.807) is 0 Å². The highest BCUT2D eigenvalue weighted by Crippen LogP contribution is 2.37. The van der Waals surface area contributed by atoms with Crippen LogP contribution in [0.1, 0.15) is 30.9 Å². The van der Waals surface area contributed by atoms with Crippen LogP contribution < -0.4 is 0 Å². The van der Waals surface area contributed by atoms with Crippen molar-refractivity contribution in [2.75, 3.05) is 13.1 Å². The molecule has 2 atom stereocenters. The second-order valence-corrected chi connectivity index (χ2v) is 6.13. The summed E-state index contributed by atoms with van der Waals surface area (Å²) in [6, 6.07) is 9.05. The number of hydrogen-bond acceptors (Lipinski definition) is 3. The van der Waals surface area contributed by atoms with Crippen LogP contribution in [-0.2, 0) is 0 Å². The number of nitrogens with zero attached hydrogens (tertiary/aromatic N) is 3. The first kappa shape index (κ1) is 12.1. The van der Waals surface area contributed by atoms with Crippen LogP contribution in [0.2, 0.25) is 0 Å². The van der Waals surface area contributed by atoms with E-state index in [1.165, 1.54) is 25.9 Å². The third kappa shape index (κ3) is 1.65. The minimum atomic E-state index is 0.452. The van der Waals surface area contributed by atoms with Crippen molar-refractivity contribution in [3.8, 4) is 6.07 Å². The Labute approximate surface area is 122 Å². The van der Waals surface area contributed by atoms with Crippen molar-refractivity contribution in [2.24, 2.45) is 0 Å². The summed E-state index contributed by atoms with van der Waals surface area (Å²) in [5, 5.41) is 9.11. The molecule has 2 saturated heterocycles. The summed E-state index contributed by atoms with van der Waals surface area (Å²) >= 11 is 5.53. The molecule has 0 amide bonds. The van der Waals surface area contributed by atoms with Gasteiger partial charge in [-0.2, -0.15) is 5.26 Å². The van der Waals surface area contributed by atoms with E-state index in [4.69, 9.17) is 17.5 Å². The lowest BCUT2D eigenvalue weighted by Crippen LogP contribution is -2.27. The Hall–Kier alpha value is -1.64. The largest absolute Gasteiger partial charge is 0.331 e. The molecule has 4 nitrogen and oxygen atoms in total. The van der Waals surface area contributed by atoms with Gasteiger partial charge in [0, 0.05) is 12.6 Å². The molecule has 5 heteroatoms. The van der Waals surface area contributed by atoms with Crippen molar-refractivity contribution in [1.29, 1.82) is 5.26 Å². The molecular weight excluding hydrogens is 268 g/mol. The van der Waals surface area contributed by atoms with Crippen LogP contribution in [0.4, 0.5) is 0 Å². The molecule has 2 aliphatic rings. The van der Waals surface area contributed by atoms with E-state index in [2.05, 4.69) is 20.5 Å². The summed E-state index contributed by atoms with van der Waals surface area (Å²) in [4.78, 5) is 5.87. The van der Waals surface area contributed by atoms with Gasteiger partial charge in [0.15, 0.2) is 4.77 Å². The van der Waals surface area contributed by atoms with Crippen LogP contribution in [0.3, 0.4) is 0 Å². The van der Waals surface area contributed by atoms with Crippen molar-refractivity contribution < 1.29 is 0 Å². The van der Waals surface area contributed by atoms with Gasteiger partial charge in [0.2, 0.25) is 0 Å². The van der Waals surface area contributed by atoms with Gasteiger partial charge in [0.1, 0.15) is 0 Å². The molecule has 0 aliphatic carbocycles. The molecule has 0 bridgehead atoms. The van der Waals surface area contributed by atoms with Crippen LogP contribution in [0.15, 0.2) is 18.2 Å². The van der Waals surface area contributed by atoms with Gasteiger partial charge in [0.25, 0.3) is 0 Å². The van der Waals surface area contributed by atoms with E-state index in [0.29, 0.717) is 17.6 Å². The first-order valence-corrected chi connectivity index (χ1v) is 7.57. The molecule has 0 radical (unpaired) electrons. The van der Waals surface area contributed by atoms with Gasteiger partial charge in [-0.25, -0.2) is 0 Å². The Morgan fingerprint density at radius 2 is 2.15 bits per heavy atom. The lowest BCUT2D eigenvalue weighted by molar-refractivity contribution is 0.291. The zero-order chi connectivity index (χ0) is 13.7. The Bertz CT molecular complexity index is 766. The lowest BCUT2D eigenvalue weighted by Gasteiger charge is -2.22. The molecule has 0 spiro atoms. The average Bonchev–Trinajstić information content (AvgIpc) is 3.11. The smallest absolute Gasteiger partial charge is 0.178 e. The third-order valence-corrected chi connectivity index (χ3v) is 5.05. The van der Waals surface area contributed by atoms with Crippen molar-refractivity contribution in [2.45, 2.75) is 31.3 Å². The average molecular weight is 284 g/mol. The number of rotatable bonds is 1. The minimum Gasteiger partial charge on any atom is -0.331 e. The summed E-state index contributed by atoms with van der Waals surface area (Å²) < 4.78 is 3.04. The van der Waals surface area contributed by atoms with Crippen LogP contribution in [0.5, 0.6) is 0 Å². The molecule has 1 aromatic carbocycles. The molecule has 2 aromatic rings. The van der Waals surface area contributed by atoms with Gasteiger partial charge < -0.3 is 9.55 Å². The number of hydrogen-bond donors (Lipinski definition) is 1. The maximum atomic E-state index is 9.11. The first-order valence-electron chi connectivity index (χ1n) is 7.16. The number of benzene rings is 1. The zero-order valence-corrected chi connectivity index (χ0v) is 12.0. The normalized spacial score (nSPS) is 25.9. The molecule has 2 unspecified atom stereocenters. The quantitative estimate of drug-likeness (QED) is 0.819. The van der Waals surface area contributed by atoms with Gasteiger partial charge in [0.05, 0.1) is 28.7 Å². The van der Waals surface area contributed by atoms with Gasteiger partial charge >= 0.3 is 0 Å². The number of fused-ring (bicyclic) bond motifs is 2. The molecule has 3 heterocycles. The Kier molecular flexibility index (Phi) is 2.69. The maximum Gasteiger partial charge on any atom is 0.178 e. The fourth-order valence-electron chi connectivity index (χ4n) is 3.88. The molecular formula is C15H16N4S. The summed E-state index contributed by atoms with van der Waals surface area (Å²) in [7, 11) is 0. The fraction of sp³-hybridized carbons (Fsp3) is 0.467. The van der Waals surface area contributed by atoms with Gasteiger partial charge in [-0.3, -0.25) is 4.90 Å².